The van der Waals surface area contributed by atoms with Gasteiger partial charge in [-0.25, -0.2) is 0 Å². The molecule has 1 aliphatic carbocycles. The highest BCUT2D eigenvalue weighted by molar-refractivity contribution is 6.33. The van der Waals surface area contributed by atoms with E-state index in [1.807, 2.05) is 12.1 Å². The van der Waals surface area contributed by atoms with Crippen LogP contribution in [0.2, 0.25) is 5.02 Å². The topological polar surface area (TPSA) is 47.3 Å². The Balaban J connectivity index is 1.94. The zero-order chi connectivity index (χ0) is 10.8. The molecule has 1 fully saturated rings. The number of ether oxygens (including phenoxy) is 1. The predicted octanol–water partition coefficient (Wildman–Crippen LogP) is 2.51. The van der Waals surface area contributed by atoms with Gasteiger partial charge in [0.2, 0.25) is 0 Å². The quantitative estimate of drug-likeness (QED) is 0.779. The van der Waals surface area contributed by atoms with Crippen molar-refractivity contribution in [3.8, 4) is 0 Å². The number of anilines is 2. The van der Waals surface area contributed by atoms with Crippen LogP contribution in [0.25, 0.3) is 0 Å². The average molecular weight is 227 g/mol. The van der Waals surface area contributed by atoms with E-state index in [4.69, 9.17) is 22.1 Å². The van der Waals surface area contributed by atoms with Gasteiger partial charge in [0, 0.05) is 18.8 Å². The molecule has 4 heteroatoms. The number of methoxy groups -OCH3 is 1. The molecular formula is C11H15ClN2O. The third-order valence-electron chi connectivity index (χ3n) is 2.78. The molecule has 0 amide bonds. The molecule has 82 valence electrons. The molecule has 0 unspecified atom stereocenters. The maximum absolute atomic E-state index is 6.05. The molecule has 3 N–H and O–H groups in total. The van der Waals surface area contributed by atoms with E-state index in [1.54, 1.807) is 13.2 Å². The number of benzene rings is 1. The van der Waals surface area contributed by atoms with Gasteiger partial charge < -0.3 is 15.8 Å². The summed E-state index contributed by atoms with van der Waals surface area (Å²) in [7, 11) is 1.75. The summed E-state index contributed by atoms with van der Waals surface area (Å²) in [5.41, 5.74) is 7.25. The van der Waals surface area contributed by atoms with Gasteiger partial charge in [0.1, 0.15) is 0 Å². The van der Waals surface area contributed by atoms with E-state index >= 15 is 0 Å². The molecule has 0 bridgehead atoms. The smallest absolute Gasteiger partial charge is 0.0658 e. The lowest BCUT2D eigenvalue weighted by Gasteiger charge is -2.35. The maximum atomic E-state index is 6.05. The Morgan fingerprint density at radius 1 is 1.47 bits per heavy atom. The van der Waals surface area contributed by atoms with Crippen LogP contribution in [0.15, 0.2) is 18.2 Å². The van der Waals surface area contributed by atoms with Crippen molar-refractivity contribution in [3.63, 3.8) is 0 Å². The monoisotopic (exact) mass is 226 g/mol. The first-order chi connectivity index (χ1) is 7.19. The fraction of sp³-hybridized carbons (Fsp3) is 0.455. The van der Waals surface area contributed by atoms with Crippen LogP contribution >= 0.6 is 11.6 Å². The minimum absolute atomic E-state index is 0.398. The van der Waals surface area contributed by atoms with E-state index in [9.17, 15) is 0 Å². The molecule has 1 aliphatic rings. The van der Waals surface area contributed by atoms with Crippen molar-refractivity contribution in [2.24, 2.45) is 0 Å². The first-order valence-corrected chi connectivity index (χ1v) is 5.41. The summed E-state index contributed by atoms with van der Waals surface area (Å²) in [5, 5.41) is 4.05. The van der Waals surface area contributed by atoms with Crippen LogP contribution in [0.1, 0.15) is 12.8 Å². The molecule has 3 nitrogen and oxygen atoms in total. The maximum Gasteiger partial charge on any atom is 0.0658 e. The molecule has 1 aromatic rings. The number of rotatable bonds is 3. The van der Waals surface area contributed by atoms with Gasteiger partial charge in [-0.05, 0) is 31.0 Å². The minimum atomic E-state index is 0.398. The SMILES string of the molecule is COC1CC(Nc2ccc(N)cc2Cl)C1. The van der Waals surface area contributed by atoms with E-state index in [0.717, 1.165) is 18.5 Å². The van der Waals surface area contributed by atoms with Crippen LogP contribution in [0.5, 0.6) is 0 Å². The number of nitrogen functional groups attached to an aromatic ring is 1. The molecule has 0 radical (unpaired) electrons. The van der Waals surface area contributed by atoms with Gasteiger partial charge in [-0.15, -0.1) is 0 Å². The molecule has 0 aromatic heterocycles. The van der Waals surface area contributed by atoms with Crippen molar-refractivity contribution in [3.05, 3.63) is 23.2 Å². The Morgan fingerprint density at radius 2 is 2.20 bits per heavy atom. The zero-order valence-corrected chi connectivity index (χ0v) is 9.42. The summed E-state index contributed by atoms with van der Waals surface area (Å²) in [6, 6.07) is 5.99. The number of hydrogen-bond acceptors (Lipinski definition) is 3. The summed E-state index contributed by atoms with van der Waals surface area (Å²) in [4.78, 5) is 0. The summed E-state index contributed by atoms with van der Waals surface area (Å²) >= 11 is 6.05. The third-order valence-corrected chi connectivity index (χ3v) is 3.09. The third kappa shape index (κ3) is 2.36. The lowest BCUT2D eigenvalue weighted by molar-refractivity contribution is 0.0329. The molecule has 0 atom stereocenters. The Labute approximate surface area is 94.6 Å². The van der Waals surface area contributed by atoms with Gasteiger partial charge in [-0.3, -0.25) is 0 Å². The van der Waals surface area contributed by atoms with E-state index in [0.29, 0.717) is 22.9 Å². The van der Waals surface area contributed by atoms with Crippen molar-refractivity contribution in [1.82, 2.24) is 0 Å². The van der Waals surface area contributed by atoms with Crippen LogP contribution < -0.4 is 11.1 Å². The van der Waals surface area contributed by atoms with Crippen molar-refractivity contribution < 1.29 is 4.74 Å². The predicted molar refractivity (Wildman–Crippen MR) is 63.3 cm³/mol. The molecule has 15 heavy (non-hydrogen) atoms. The second-order valence-corrected chi connectivity index (χ2v) is 4.32. The summed E-state index contributed by atoms with van der Waals surface area (Å²) < 4.78 is 5.21. The first-order valence-electron chi connectivity index (χ1n) is 5.03. The van der Waals surface area contributed by atoms with Gasteiger partial charge >= 0.3 is 0 Å². The van der Waals surface area contributed by atoms with Crippen molar-refractivity contribution in [2.75, 3.05) is 18.2 Å². The Bertz CT molecular complexity index is 350. The zero-order valence-electron chi connectivity index (χ0n) is 8.66. The molecule has 1 saturated carbocycles. The molecule has 0 aliphatic heterocycles. The molecule has 2 rings (SSSR count). The second-order valence-electron chi connectivity index (χ2n) is 3.91. The molecule has 0 spiro atoms. The standard InChI is InChI=1S/C11H15ClN2O/c1-15-9-5-8(6-9)14-11-3-2-7(13)4-10(11)12/h2-4,8-9,14H,5-6,13H2,1H3. The van der Waals surface area contributed by atoms with Crippen molar-refractivity contribution in [1.29, 1.82) is 0 Å². The number of hydrogen-bond donors (Lipinski definition) is 2. The molecule has 1 aromatic carbocycles. The highest BCUT2D eigenvalue weighted by atomic mass is 35.5. The van der Waals surface area contributed by atoms with E-state index in [-0.39, 0.29) is 0 Å². The highest BCUT2D eigenvalue weighted by Crippen LogP contribution is 2.30. The van der Waals surface area contributed by atoms with Gasteiger partial charge in [0.05, 0.1) is 16.8 Å². The Hall–Kier alpha value is -0.930. The number of nitrogens with two attached hydrogens (primary N) is 1. The summed E-state index contributed by atoms with van der Waals surface area (Å²) in [6.07, 6.45) is 2.48. The van der Waals surface area contributed by atoms with Gasteiger partial charge in [0.25, 0.3) is 0 Å². The van der Waals surface area contributed by atoms with Crippen LogP contribution in [-0.2, 0) is 4.74 Å². The lowest BCUT2D eigenvalue weighted by atomic mass is 9.89. The first kappa shape index (κ1) is 10.6. The normalized spacial score (nSPS) is 24.7. The Morgan fingerprint density at radius 3 is 2.80 bits per heavy atom. The minimum Gasteiger partial charge on any atom is -0.399 e. The number of nitrogens with one attached hydrogen (secondary N) is 1. The van der Waals surface area contributed by atoms with Crippen LogP contribution in [0.3, 0.4) is 0 Å². The lowest BCUT2D eigenvalue weighted by Crippen LogP contribution is -2.40. The fourth-order valence-corrected chi connectivity index (χ4v) is 1.99. The molecule has 0 saturated heterocycles. The Kier molecular flexibility index (Phi) is 3.03. The molecule has 0 heterocycles. The second kappa shape index (κ2) is 4.29. The summed E-state index contributed by atoms with van der Waals surface area (Å²) in [5.74, 6) is 0. The van der Waals surface area contributed by atoms with Crippen molar-refractivity contribution >= 4 is 23.0 Å². The van der Waals surface area contributed by atoms with Crippen molar-refractivity contribution in [2.45, 2.75) is 25.0 Å². The van der Waals surface area contributed by atoms with E-state index in [2.05, 4.69) is 5.32 Å². The van der Waals surface area contributed by atoms with Gasteiger partial charge in [-0.2, -0.15) is 0 Å². The molecular weight excluding hydrogens is 212 g/mol. The highest BCUT2D eigenvalue weighted by Gasteiger charge is 2.28. The fourth-order valence-electron chi connectivity index (χ4n) is 1.74. The van der Waals surface area contributed by atoms with Gasteiger partial charge in [0.15, 0.2) is 0 Å². The average Bonchev–Trinajstić information content (AvgIpc) is 2.13. The van der Waals surface area contributed by atoms with Crippen LogP contribution in [0, 0.1) is 0 Å². The number of halogens is 1. The van der Waals surface area contributed by atoms with E-state index in [1.165, 1.54) is 0 Å². The van der Waals surface area contributed by atoms with E-state index < -0.39 is 0 Å². The van der Waals surface area contributed by atoms with Crippen LogP contribution in [0.4, 0.5) is 11.4 Å². The van der Waals surface area contributed by atoms with Gasteiger partial charge in [-0.1, -0.05) is 11.6 Å². The van der Waals surface area contributed by atoms with Crippen LogP contribution in [-0.4, -0.2) is 19.3 Å². The largest absolute Gasteiger partial charge is 0.399 e. The summed E-state index contributed by atoms with van der Waals surface area (Å²) in [6.45, 7) is 0.